The summed E-state index contributed by atoms with van der Waals surface area (Å²) in [5, 5.41) is 11.5. The maximum Gasteiger partial charge on any atom is 0.344 e. The molecule has 0 saturated heterocycles. The molecule has 30 heavy (non-hydrogen) atoms. The number of para-hydroxylation sites is 1. The Labute approximate surface area is 182 Å². The summed E-state index contributed by atoms with van der Waals surface area (Å²) >= 11 is 12.2. The number of ether oxygens (including phenoxy) is 3. The Morgan fingerprint density at radius 2 is 1.80 bits per heavy atom. The lowest BCUT2D eigenvalue weighted by Crippen LogP contribution is -2.21. The van der Waals surface area contributed by atoms with Gasteiger partial charge in [0.25, 0.3) is 5.69 Å². The van der Waals surface area contributed by atoms with E-state index in [1.54, 1.807) is 6.92 Å². The van der Waals surface area contributed by atoms with Crippen LogP contribution in [0.4, 0.5) is 5.69 Å². The maximum atomic E-state index is 12.9. The first-order chi connectivity index (χ1) is 14.2. The Morgan fingerprint density at radius 1 is 1.17 bits per heavy atom. The number of carbonyl (C=O) groups is 2. The van der Waals surface area contributed by atoms with Gasteiger partial charge in [-0.05, 0) is 25.1 Å². The zero-order valence-electron chi connectivity index (χ0n) is 16.0. The van der Waals surface area contributed by atoms with Crippen LogP contribution in [0.1, 0.15) is 28.9 Å². The van der Waals surface area contributed by atoms with E-state index >= 15 is 0 Å². The molecule has 0 saturated carbocycles. The molecule has 8 nitrogen and oxygen atoms in total. The highest BCUT2D eigenvalue weighted by Gasteiger charge is 2.33. The van der Waals surface area contributed by atoms with Crippen molar-refractivity contribution in [1.29, 1.82) is 0 Å². The van der Waals surface area contributed by atoms with Gasteiger partial charge in [-0.25, -0.2) is 9.59 Å². The van der Waals surface area contributed by atoms with E-state index in [0.29, 0.717) is 0 Å². The average Bonchev–Trinajstić information content (AvgIpc) is 2.72. The van der Waals surface area contributed by atoms with Crippen molar-refractivity contribution in [3.05, 3.63) is 79.8 Å². The number of esters is 2. The molecule has 158 valence electrons. The number of benzene rings is 2. The molecule has 0 N–H and O–H groups in total. The highest BCUT2D eigenvalue weighted by atomic mass is 35.5. The van der Waals surface area contributed by atoms with Crippen LogP contribution >= 0.6 is 23.2 Å². The molecule has 0 spiro atoms. The van der Waals surface area contributed by atoms with Gasteiger partial charge in [0.2, 0.25) is 0 Å². The second kappa shape index (κ2) is 10.1. The number of nitro benzene ring substituents is 1. The molecule has 2 aromatic rings. The molecular weight excluding hydrogens is 437 g/mol. The van der Waals surface area contributed by atoms with Crippen molar-refractivity contribution >= 4 is 40.8 Å². The third kappa shape index (κ3) is 4.90. The van der Waals surface area contributed by atoms with Gasteiger partial charge in [-0.1, -0.05) is 41.9 Å². The van der Waals surface area contributed by atoms with Crippen molar-refractivity contribution in [2.75, 3.05) is 13.7 Å². The normalized spacial score (nSPS) is 11.3. The molecule has 10 heteroatoms. The zero-order valence-corrected chi connectivity index (χ0v) is 17.5. The van der Waals surface area contributed by atoms with E-state index in [1.807, 2.05) is 0 Å². The van der Waals surface area contributed by atoms with Crippen LogP contribution in [0.2, 0.25) is 10.0 Å². The molecule has 0 aromatic heterocycles. The summed E-state index contributed by atoms with van der Waals surface area (Å²) in [6.45, 7) is 5.22. The Morgan fingerprint density at radius 3 is 2.40 bits per heavy atom. The second-order valence-corrected chi connectivity index (χ2v) is 6.60. The largest absolute Gasteiger partial charge is 0.494 e. The van der Waals surface area contributed by atoms with E-state index in [9.17, 15) is 19.7 Å². The fourth-order valence-corrected chi connectivity index (χ4v) is 3.08. The molecule has 2 aromatic carbocycles. The van der Waals surface area contributed by atoms with Crippen LogP contribution in [0, 0.1) is 10.1 Å². The van der Waals surface area contributed by atoms with Crippen molar-refractivity contribution < 1.29 is 28.7 Å². The smallest absolute Gasteiger partial charge is 0.344 e. The number of nitro groups is 1. The third-order valence-electron chi connectivity index (χ3n) is 3.96. The number of carbonyl (C=O) groups excluding carboxylic acids is 2. The first-order valence-electron chi connectivity index (χ1n) is 8.55. The highest BCUT2D eigenvalue weighted by molar-refractivity contribution is 6.37. The fraction of sp³-hybridized carbons (Fsp3) is 0.200. The first-order valence-corrected chi connectivity index (χ1v) is 9.30. The molecule has 0 amide bonds. The third-order valence-corrected chi connectivity index (χ3v) is 4.57. The summed E-state index contributed by atoms with van der Waals surface area (Å²) in [6.07, 6.45) is -1.52. The number of methoxy groups -OCH3 is 1. The van der Waals surface area contributed by atoms with E-state index in [1.165, 1.54) is 43.5 Å². The summed E-state index contributed by atoms with van der Waals surface area (Å²) in [5.41, 5.74) is -0.945. The van der Waals surface area contributed by atoms with Crippen LogP contribution in [0.15, 0.2) is 48.6 Å². The van der Waals surface area contributed by atoms with Crippen LogP contribution < -0.4 is 4.74 Å². The Hall–Kier alpha value is -3.10. The molecule has 0 aliphatic carbocycles. The van der Waals surface area contributed by atoms with Crippen molar-refractivity contribution in [3.63, 3.8) is 0 Å². The molecule has 0 heterocycles. The van der Waals surface area contributed by atoms with Gasteiger partial charge in [-0.2, -0.15) is 0 Å². The average molecular weight is 454 g/mol. The number of nitrogens with zero attached hydrogens (tertiary/aromatic N) is 1. The van der Waals surface area contributed by atoms with E-state index in [0.717, 1.165) is 0 Å². The molecule has 1 atom stereocenters. The lowest BCUT2D eigenvalue weighted by Gasteiger charge is -2.21. The zero-order chi connectivity index (χ0) is 22.4. The molecule has 0 radical (unpaired) electrons. The number of hydrogen-bond acceptors (Lipinski definition) is 7. The molecule has 0 aliphatic rings. The van der Waals surface area contributed by atoms with Crippen molar-refractivity contribution in [2.45, 2.75) is 13.0 Å². The minimum Gasteiger partial charge on any atom is -0.494 e. The van der Waals surface area contributed by atoms with Gasteiger partial charge in [0.1, 0.15) is 5.56 Å². The highest BCUT2D eigenvalue weighted by Crippen LogP contribution is 2.38. The Bertz CT molecular complexity index is 1010. The van der Waals surface area contributed by atoms with Crippen LogP contribution in [0.5, 0.6) is 5.75 Å². The van der Waals surface area contributed by atoms with E-state index in [4.69, 9.17) is 37.4 Å². The summed E-state index contributed by atoms with van der Waals surface area (Å²) in [4.78, 5) is 36.0. The predicted octanol–water partition coefficient (Wildman–Crippen LogP) is 4.93. The second-order valence-electron chi connectivity index (χ2n) is 5.78. The lowest BCUT2D eigenvalue weighted by atomic mass is 10.0. The predicted molar refractivity (Wildman–Crippen MR) is 110 cm³/mol. The van der Waals surface area contributed by atoms with Crippen molar-refractivity contribution in [1.82, 2.24) is 0 Å². The summed E-state index contributed by atoms with van der Waals surface area (Å²) < 4.78 is 15.5. The van der Waals surface area contributed by atoms with E-state index in [2.05, 4.69) is 6.58 Å². The standard InChI is InChI=1S/C20H17Cl2NO7/c1-4-29-19(24)11(2)17(12-7-5-6-8-15(12)23(26)27)30-20(25)16-13(21)9-10-14(22)18(16)28-3/h5-10,17H,2,4H2,1,3H3. The molecule has 0 bridgehead atoms. The van der Waals surface area contributed by atoms with Gasteiger partial charge < -0.3 is 14.2 Å². The lowest BCUT2D eigenvalue weighted by molar-refractivity contribution is -0.386. The molecule has 2 rings (SSSR count). The van der Waals surface area contributed by atoms with Gasteiger partial charge in [0.15, 0.2) is 11.9 Å². The van der Waals surface area contributed by atoms with Crippen LogP contribution in [0.3, 0.4) is 0 Å². The quantitative estimate of drug-likeness (QED) is 0.241. The minimum absolute atomic E-state index is 0.0238. The first kappa shape index (κ1) is 23.2. The molecule has 0 aliphatic heterocycles. The molecule has 1 unspecified atom stereocenters. The van der Waals surface area contributed by atoms with Gasteiger partial charge >= 0.3 is 11.9 Å². The van der Waals surface area contributed by atoms with Crippen molar-refractivity contribution in [2.24, 2.45) is 0 Å². The Kier molecular flexibility index (Phi) is 7.79. The van der Waals surface area contributed by atoms with E-state index < -0.39 is 23.0 Å². The summed E-state index contributed by atoms with van der Waals surface area (Å²) in [5.74, 6) is -1.94. The Balaban J connectivity index is 2.56. The maximum absolute atomic E-state index is 12.9. The minimum atomic E-state index is -1.52. The SMILES string of the molecule is C=C(C(=O)OCC)C(OC(=O)c1c(Cl)ccc(Cl)c1OC)c1ccccc1[N+](=O)[O-]. The number of hydrogen-bond donors (Lipinski definition) is 0. The van der Waals surface area contributed by atoms with Gasteiger partial charge in [-0.3, -0.25) is 10.1 Å². The van der Waals surface area contributed by atoms with Gasteiger partial charge in [-0.15, -0.1) is 0 Å². The summed E-state index contributed by atoms with van der Waals surface area (Å²) in [7, 11) is 1.28. The van der Waals surface area contributed by atoms with Crippen LogP contribution in [-0.4, -0.2) is 30.6 Å². The fourth-order valence-electron chi connectivity index (χ4n) is 2.62. The number of rotatable bonds is 8. The van der Waals surface area contributed by atoms with Crippen LogP contribution in [-0.2, 0) is 14.3 Å². The topological polar surface area (TPSA) is 105 Å². The monoisotopic (exact) mass is 453 g/mol. The molecular formula is C20H17Cl2NO7. The van der Waals surface area contributed by atoms with Gasteiger partial charge in [0.05, 0.1) is 39.8 Å². The van der Waals surface area contributed by atoms with Crippen LogP contribution in [0.25, 0.3) is 0 Å². The van der Waals surface area contributed by atoms with Crippen molar-refractivity contribution in [3.8, 4) is 5.75 Å². The molecule has 0 fully saturated rings. The van der Waals surface area contributed by atoms with Gasteiger partial charge in [0, 0.05) is 6.07 Å². The summed E-state index contributed by atoms with van der Waals surface area (Å²) in [6, 6.07) is 8.28. The number of halogens is 2. The van der Waals surface area contributed by atoms with E-state index in [-0.39, 0.29) is 44.8 Å².